The van der Waals surface area contributed by atoms with E-state index in [1.165, 1.54) is 18.2 Å². The standard InChI is InChI=1S/C18H14F2N2O2/c19-14-3-1-4-15(20)13(14)10-24-11-6-7-16-12(9-11)18(23)22-8-2-5-17(22)21-16/h1,3-4,6-7,9H,2,5,8,10H2. The Labute approximate surface area is 136 Å². The van der Waals surface area contributed by atoms with Crippen molar-refractivity contribution in [3.8, 4) is 5.75 Å². The Morgan fingerprint density at radius 3 is 2.75 bits per heavy atom. The minimum absolute atomic E-state index is 0.102. The van der Waals surface area contributed by atoms with E-state index < -0.39 is 11.6 Å². The maximum Gasteiger partial charge on any atom is 0.261 e. The number of hydrogen-bond donors (Lipinski definition) is 0. The molecule has 1 aliphatic heterocycles. The van der Waals surface area contributed by atoms with Gasteiger partial charge in [0.25, 0.3) is 5.56 Å². The molecule has 122 valence electrons. The van der Waals surface area contributed by atoms with E-state index in [0.29, 0.717) is 23.2 Å². The van der Waals surface area contributed by atoms with Crippen LogP contribution in [0.15, 0.2) is 41.2 Å². The first-order chi connectivity index (χ1) is 11.6. The smallest absolute Gasteiger partial charge is 0.261 e. The monoisotopic (exact) mass is 328 g/mol. The Bertz CT molecular complexity index is 978. The van der Waals surface area contributed by atoms with Gasteiger partial charge < -0.3 is 4.74 Å². The summed E-state index contributed by atoms with van der Waals surface area (Å²) in [5.41, 5.74) is 0.369. The van der Waals surface area contributed by atoms with Gasteiger partial charge in [-0.25, -0.2) is 13.8 Å². The Morgan fingerprint density at radius 2 is 1.96 bits per heavy atom. The van der Waals surface area contributed by atoms with Crippen molar-refractivity contribution in [1.82, 2.24) is 9.55 Å². The van der Waals surface area contributed by atoms with Gasteiger partial charge in [-0.3, -0.25) is 9.36 Å². The zero-order chi connectivity index (χ0) is 16.7. The average Bonchev–Trinajstić information content (AvgIpc) is 3.04. The minimum Gasteiger partial charge on any atom is -0.489 e. The summed E-state index contributed by atoms with van der Waals surface area (Å²) in [6.07, 6.45) is 1.71. The summed E-state index contributed by atoms with van der Waals surface area (Å²) in [4.78, 5) is 17.0. The molecule has 0 saturated heterocycles. The predicted molar refractivity (Wildman–Crippen MR) is 85.0 cm³/mol. The van der Waals surface area contributed by atoms with Crippen molar-refractivity contribution in [1.29, 1.82) is 0 Å². The van der Waals surface area contributed by atoms with Crippen LogP contribution in [0.4, 0.5) is 8.78 Å². The average molecular weight is 328 g/mol. The highest BCUT2D eigenvalue weighted by atomic mass is 19.1. The molecule has 4 nitrogen and oxygen atoms in total. The summed E-state index contributed by atoms with van der Waals surface area (Å²) in [7, 11) is 0. The summed E-state index contributed by atoms with van der Waals surface area (Å²) < 4.78 is 34.4. The number of rotatable bonds is 3. The fraction of sp³-hybridized carbons (Fsp3) is 0.222. The summed E-state index contributed by atoms with van der Waals surface area (Å²) in [6, 6.07) is 8.60. The van der Waals surface area contributed by atoms with E-state index in [9.17, 15) is 13.6 Å². The molecule has 6 heteroatoms. The molecule has 0 amide bonds. The lowest BCUT2D eigenvalue weighted by Gasteiger charge is -2.10. The molecule has 0 spiro atoms. The van der Waals surface area contributed by atoms with Crippen molar-refractivity contribution in [2.24, 2.45) is 0 Å². The van der Waals surface area contributed by atoms with Crippen LogP contribution in [0.1, 0.15) is 17.8 Å². The van der Waals surface area contributed by atoms with Crippen LogP contribution in [0, 0.1) is 11.6 Å². The van der Waals surface area contributed by atoms with E-state index in [1.807, 2.05) is 0 Å². The predicted octanol–water partition coefficient (Wildman–Crippen LogP) is 3.20. The van der Waals surface area contributed by atoms with Crippen LogP contribution in [0.25, 0.3) is 10.9 Å². The van der Waals surface area contributed by atoms with Crippen LogP contribution in [0.3, 0.4) is 0 Å². The lowest BCUT2D eigenvalue weighted by molar-refractivity contribution is 0.293. The summed E-state index contributed by atoms with van der Waals surface area (Å²) in [5, 5.41) is 0.451. The van der Waals surface area contributed by atoms with Crippen LogP contribution in [-0.4, -0.2) is 9.55 Å². The molecule has 2 heterocycles. The zero-order valence-corrected chi connectivity index (χ0v) is 12.8. The van der Waals surface area contributed by atoms with Crippen LogP contribution >= 0.6 is 0 Å². The Morgan fingerprint density at radius 1 is 1.17 bits per heavy atom. The normalized spacial score (nSPS) is 13.2. The van der Waals surface area contributed by atoms with E-state index in [0.717, 1.165) is 18.7 Å². The minimum atomic E-state index is -0.657. The van der Waals surface area contributed by atoms with Gasteiger partial charge in [0.1, 0.15) is 29.8 Å². The van der Waals surface area contributed by atoms with Crippen LogP contribution in [0.5, 0.6) is 5.75 Å². The topological polar surface area (TPSA) is 44.1 Å². The third-order valence-electron chi connectivity index (χ3n) is 4.23. The number of halogens is 2. The summed E-state index contributed by atoms with van der Waals surface area (Å²) in [6.45, 7) is 0.423. The van der Waals surface area contributed by atoms with Gasteiger partial charge in [-0.15, -0.1) is 0 Å². The maximum absolute atomic E-state index is 13.6. The highest BCUT2D eigenvalue weighted by molar-refractivity contribution is 5.79. The van der Waals surface area contributed by atoms with Crippen molar-refractivity contribution in [3.05, 3.63) is 69.8 Å². The van der Waals surface area contributed by atoms with E-state index in [1.54, 1.807) is 22.8 Å². The van der Waals surface area contributed by atoms with Crippen molar-refractivity contribution in [3.63, 3.8) is 0 Å². The Kier molecular flexibility index (Phi) is 3.52. The molecule has 2 aromatic carbocycles. The second-order valence-corrected chi connectivity index (χ2v) is 5.76. The van der Waals surface area contributed by atoms with E-state index in [4.69, 9.17) is 4.74 Å². The van der Waals surface area contributed by atoms with Crippen molar-refractivity contribution in [2.75, 3.05) is 0 Å². The fourth-order valence-corrected chi connectivity index (χ4v) is 2.98. The van der Waals surface area contributed by atoms with E-state index in [2.05, 4.69) is 4.98 Å². The first-order valence-corrected chi connectivity index (χ1v) is 7.72. The molecule has 0 bridgehead atoms. The largest absolute Gasteiger partial charge is 0.489 e. The number of hydrogen-bond acceptors (Lipinski definition) is 3. The third kappa shape index (κ3) is 2.44. The molecular formula is C18H14F2N2O2. The van der Waals surface area contributed by atoms with Crippen molar-refractivity contribution >= 4 is 10.9 Å². The second-order valence-electron chi connectivity index (χ2n) is 5.76. The van der Waals surface area contributed by atoms with Crippen LogP contribution in [-0.2, 0) is 19.6 Å². The van der Waals surface area contributed by atoms with Gasteiger partial charge in [-0.2, -0.15) is 0 Å². The molecule has 1 aliphatic rings. The molecule has 0 radical (unpaired) electrons. The molecule has 0 saturated carbocycles. The number of nitrogens with zero attached hydrogens (tertiary/aromatic N) is 2. The van der Waals surface area contributed by atoms with Gasteiger partial charge in [-0.1, -0.05) is 6.07 Å². The van der Waals surface area contributed by atoms with Crippen LogP contribution < -0.4 is 10.3 Å². The molecular weight excluding hydrogens is 314 g/mol. The number of aryl methyl sites for hydroxylation is 1. The molecule has 4 rings (SSSR count). The number of fused-ring (bicyclic) bond motifs is 2. The van der Waals surface area contributed by atoms with E-state index >= 15 is 0 Å². The van der Waals surface area contributed by atoms with Crippen molar-refractivity contribution in [2.45, 2.75) is 26.0 Å². The highest BCUT2D eigenvalue weighted by Gasteiger charge is 2.16. The summed E-state index contributed by atoms with van der Waals surface area (Å²) >= 11 is 0. The van der Waals surface area contributed by atoms with Gasteiger partial charge in [0.15, 0.2) is 0 Å². The summed E-state index contributed by atoms with van der Waals surface area (Å²) in [5.74, 6) is -0.136. The number of benzene rings is 2. The SMILES string of the molecule is O=c1c2cc(OCc3c(F)cccc3F)ccc2nc2n1CCC2. The molecule has 3 aromatic rings. The molecule has 0 unspecified atom stereocenters. The van der Waals surface area contributed by atoms with Gasteiger partial charge >= 0.3 is 0 Å². The highest BCUT2D eigenvalue weighted by Crippen LogP contribution is 2.21. The lowest BCUT2D eigenvalue weighted by atomic mass is 10.2. The van der Waals surface area contributed by atoms with Crippen molar-refractivity contribution < 1.29 is 13.5 Å². The van der Waals surface area contributed by atoms with E-state index in [-0.39, 0.29) is 17.7 Å². The Hall–Kier alpha value is -2.76. The Balaban J connectivity index is 1.67. The van der Waals surface area contributed by atoms with Crippen LogP contribution in [0.2, 0.25) is 0 Å². The van der Waals surface area contributed by atoms with Gasteiger partial charge in [0.05, 0.1) is 16.5 Å². The molecule has 24 heavy (non-hydrogen) atoms. The molecule has 0 atom stereocenters. The number of ether oxygens (including phenoxy) is 1. The first kappa shape index (κ1) is 14.8. The molecule has 1 aromatic heterocycles. The van der Waals surface area contributed by atoms with Gasteiger partial charge in [-0.05, 0) is 36.8 Å². The second kappa shape index (κ2) is 5.70. The first-order valence-electron chi connectivity index (χ1n) is 7.72. The lowest BCUT2D eigenvalue weighted by Crippen LogP contribution is -2.20. The van der Waals surface area contributed by atoms with Gasteiger partial charge in [0.2, 0.25) is 0 Å². The fourth-order valence-electron chi connectivity index (χ4n) is 2.98. The maximum atomic E-state index is 13.6. The molecule has 0 N–H and O–H groups in total. The quantitative estimate of drug-likeness (QED) is 0.742. The zero-order valence-electron chi connectivity index (χ0n) is 12.8. The number of aromatic nitrogens is 2. The molecule has 0 aliphatic carbocycles. The third-order valence-corrected chi connectivity index (χ3v) is 4.23. The molecule has 0 fully saturated rings. The van der Waals surface area contributed by atoms with Gasteiger partial charge in [0, 0.05) is 13.0 Å².